The van der Waals surface area contributed by atoms with Gasteiger partial charge in [-0.3, -0.25) is 9.59 Å². The van der Waals surface area contributed by atoms with Gasteiger partial charge in [-0.25, -0.2) is 0 Å². The van der Waals surface area contributed by atoms with Gasteiger partial charge in [-0.2, -0.15) is 0 Å². The third kappa shape index (κ3) is 3.97. The summed E-state index contributed by atoms with van der Waals surface area (Å²) in [4.78, 5) is 27.8. The van der Waals surface area contributed by atoms with Gasteiger partial charge < -0.3 is 15.0 Å². The van der Waals surface area contributed by atoms with Crippen LogP contribution in [0.3, 0.4) is 0 Å². The van der Waals surface area contributed by atoms with Crippen LogP contribution in [0.25, 0.3) is 0 Å². The zero-order valence-corrected chi connectivity index (χ0v) is 16.1. The van der Waals surface area contributed by atoms with Gasteiger partial charge in [0, 0.05) is 17.9 Å². The van der Waals surface area contributed by atoms with E-state index in [0.717, 1.165) is 17.0 Å². The Labute approximate surface area is 160 Å². The van der Waals surface area contributed by atoms with E-state index in [1.807, 2.05) is 57.2 Å². The fourth-order valence-corrected chi connectivity index (χ4v) is 3.21. The summed E-state index contributed by atoms with van der Waals surface area (Å²) in [6.45, 7) is 6.97. The molecule has 0 radical (unpaired) electrons. The molecule has 1 saturated carbocycles. The first-order valence-corrected chi connectivity index (χ1v) is 9.43. The number of hydrogen-bond donors (Lipinski definition) is 1. The molecular formula is C22H26N2O3. The smallest absolute Gasteiger partial charge is 0.242 e. The normalized spacial score (nSPS) is 14.3. The summed E-state index contributed by atoms with van der Waals surface area (Å²) in [5, 5.41) is 2.89. The van der Waals surface area contributed by atoms with Crippen molar-refractivity contribution < 1.29 is 14.3 Å². The van der Waals surface area contributed by atoms with Crippen LogP contribution in [-0.2, 0) is 9.59 Å². The highest BCUT2D eigenvalue weighted by molar-refractivity contribution is 6.17. The fraction of sp³-hybridized carbons (Fsp3) is 0.364. The molecule has 0 unspecified atom stereocenters. The van der Waals surface area contributed by atoms with Crippen molar-refractivity contribution in [2.24, 2.45) is 5.41 Å². The number of carbonyl (C=O) groups is 2. The first-order chi connectivity index (χ1) is 13.0. The molecule has 2 aromatic rings. The van der Waals surface area contributed by atoms with E-state index in [1.165, 1.54) is 0 Å². The van der Waals surface area contributed by atoms with Gasteiger partial charge >= 0.3 is 0 Å². The molecule has 2 amide bonds. The molecule has 0 heterocycles. The summed E-state index contributed by atoms with van der Waals surface area (Å²) in [7, 11) is 0. The lowest BCUT2D eigenvalue weighted by Crippen LogP contribution is -2.43. The number of benzene rings is 2. The Kier molecular flexibility index (Phi) is 5.49. The maximum absolute atomic E-state index is 13.2. The van der Waals surface area contributed by atoms with Gasteiger partial charge in [-0.05, 0) is 75.6 Å². The molecular weight excluding hydrogens is 340 g/mol. The van der Waals surface area contributed by atoms with Gasteiger partial charge in [0.15, 0.2) is 0 Å². The molecule has 1 fully saturated rings. The first-order valence-electron chi connectivity index (χ1n) is 9.43. The van der Waals surface area contributed by atoms with Crippen LogP contribution in [0.15, 0.2) is 48.5 Å². The van der Waals surface area contributed by atoms with Crippen LogP contribution in [0.2, 0.25) is 0 Å². The van der Waals surface area contributed by atoms with Crippen LogP contribution < -0.4 is 15.0 Å². The first kappa shape index (κ1) is 19.0. The van der Waals surface area contributed by atoms with Crippen LogP contribution in [0.4, 0.5) is 11.4 Å². The van der Waals surface area contributed by atoms with Gasteiger partial charge in [0.2, 0.25) is 11.8 Å². The van der Waals surface area contributed by atoms with E-state index >= 15 is 0 Å². The number of aryl methyl sites for hydroxylation is 1. The second-order valence-corrected chi connectivity index (χ2v) is 6.88. The summed E-state index contributed by atoms with van der Waals surface area (Å²) in [5.41, 5.74) is 1.63. The van der Waals surface area contributed by atoms with Crippen LogP contribution in [-0.4, -0.2) is 25.0 Å². The Morgan fingerprint density at radius 3 is 2.37 bits per heavy atom. The molecule has 0 saturated heterocycles. The van der Waals surface area contributed by atoms with Crippen molar-refractivity contribution in [2.45, 2.75) is 33.6 Å². The Balaban J connectivity index is 1.74. The predicted molar refractivity (Wildman–Crippen MR) is 107 cm³/mol. The maximum atomic E-state index is 13.2. The minimum Gasteiger partial charge on any atom is -0.494 e. The van der Waals surface area contributed by atoms with E-state index < -0.39 is 5.41 Å². The molecule has 0 spiro atoms. The highest BCUT2D eigenvalue weighted by Gasteiger charge is 2.58. The highest BCUT2D eigenvalue weighted by atomic mass is 16.5. The van der Waals surface area contributed by atoms with Crippen molar-refractivity contribution in [3.8, 4) is 5.75 Å². The van der Waals surface area contributed by atoms with E-state index in [1.54, 1.807) is 17.0 Å². The Bertz CT molecular complexity index is 826. The number of carbonyl (C=O) groups excluding carboxylic acids is 2. The number of amides is 2. The van der Waals surface area contributed by atoms with Crippen molar-refractivity contribution in [1.29, 1.82) is 0 Å². The van der Waals surface area contributed by atoms with Gasteiger partial charge in [-0.15, -0.1) is 0 Å². The van der Waals surface area contributed by atoms with E-state index in [9.17, 15) is 9.59 Å². The van der Waals surface area contributed by atoms with Gasteiger partial charge in [0.25, 0.3) is 0 Å². The lowest BCUT2D eigenvalue weighted by molar-refractivity contribution is -0.132. The van der Waals surface area contributed by atoms with Crippen LogP contribution >= 0.6 is 0 Å². The van der Waals surface area contributed by atoms with E-state index in [0.29, 0.717) is 31.7 Å². The Morgan fingerprint density at radius 1 is 1.11 bits per heavy atom. The second-order valence-electron chi connectivity index (χ2n) is 6.88. The summed E-state index contributed by atoms with van der Waals surface area (Å²) < 4.78 is 5.41. The van der Waals surface area contributed by atoms with Gasteiger partial charge in [0.1, 0.15) is 11.2 Å². The summed E-state index contributed by atoms with van der Waals surface area (Å²) in [6.07, 6.45) is 1.16. The van der Waals surface area contributed by atoms with Gasteiger partial charge in [-0.1, -0.05) is 12.1 Å². The predicted octanol–water partition coefficient (Wildman–Crippen LogP) is 4.17. The third-order valence-electron chi connectivity index (χ3n) is 4.89. The Morgan fingerprint density at radius 2 is 1.81 bits per heavy atom. The summed E-state index contributed by atoms with van der Waals surface area (Å²) in [6, 6.07) is 15.0. The molecule has 2 aromatic carbocycles. The quantitative estimate of drug-likeness (QED) is 0.749. The fourth-order valence-electron chi connectivity index (χ4n) is 3.21. The largest absolute Gasteiger partial charge is 0.494 e. The van der Waals surface area contributed by atoms with E-state index in [4.69, 9.17) is 4.74 Å². The second kappa shape index (κ2) is 7.82. The molecule has 1 aliphatic rings. The number of nitrogens with one attached hydrogen (secondary N) is 1. The number of anilines is 2. The standard InChI is InChI=1S/C22H26N2O3/c1-4-24(18-8-6-7-16(3)15-18)21(26)22(13-14-22)20(25)23-17-9-11-19(12-10-17)27-5-2/h6-12,15H,4-5,13-14H2,1-3H3,(H,23,25). The minimum absolute atomic E-state index is 0.126. The molecule has 1 N–H and O–H groups in total. The molecule has 0 aromatic heterocycles. The molecule has 3 rings (SSSR count). The molecule has 5 heteroatoms. The lowest BCUT2D eigenvalue weighted by atomic mass is 10.0. The average molecular weight is 366 g/mol. The number of nitrogens with zero attached hydrogens (tertiary/aromatic N) is 1. The zero-order valence-electron chi connectivity index (χ0n) is 16.1. The van der Waals surface area contributed by atoms with Crippen molar-refractivity contribution in [2.75, 3.05) is 23.4 Å². The van der Waals surface area contributed by atoms with E-state index in [2.05, 4.69) is 5.32 Å². The number of hydrogen-bond acceptors (Lipinski definition) is 3. The topological polar surface area (TPSA) is 58.6 Å². The highest BCUT2D eigenvalue weighted by Crippen LogP contribution is 2.48. The zero-order chi connectivity index (χ0) is 19.4. The molecule has 142 valence electrons. The van der Waals surface area contributed by atoms with Crippen molar-refractivity contribution >= 4 is 23.2 Å². The van der Waals surface area contributed by atoms with E-state index in [-0.39, 0.29) is 11.8 Å². The maximum Gasteiger partial charge on any atom is 0.242 e. The molecule has 1 aliphatic carbocycles. The van der Waals surface area contributed by atoms with Crippen LogP contribution in [0.1, 0.15) is 32.3 Å². The summed E-state index contributed by atoms with van der Waals surface area (Å²) in [5.74, 6) is 0.395. The summed E-state index contributed by atoms with van der Waals surface area (Å²) >= 11 is 0. The number of rotatable bonds is 7. The Hall–Kier alpha value is -2.82. The third-order valence-corrected chi connectivity index (χ3v) is 4.89. The molecule has 5 nitrogen and oxygen atoms in total. The molecule has 0 aliphatic heterocycles. The minimum atomic E-state index is -0.960. The molecule has 0 bridgehead atoms. The van der Waals surface area contributed by atoms with Crippen LogP contribution in [0.5, 0.6) is 5.75 Å². The SMILES string of the molecule is CCOc1ccc(NC(=O)C2(C(=O)N(CC)c3cccc(C)c3)CC2)cc1. The van der Waals surface area contributed by atoms with Crippen molar-refractivity contribution in [3.63, 3.8) is 0 Å². The monoisotopic (exact) mass is 366 g/mol. The molecule has 0 atom stereocenters. The number of ether oxygens (including phenoxy) is 1. The lowest BCUT2D eigenvalue weighted by Gasteiger charge is -2.26. The molecule has 27 heavy (non-hydrogen) atoms. The van der Waals surface area contributed by atoms with Gasteiger partial charge in [0.05, 0.1) is 6.61 Å². The van der Waals surface area contributed by atoms with Crippen molar-refractivity contribution in [3.05, 3.63) is 54.1 Å². The average Bonchev–Trinajstić information content (AvgIpc) is 3.46. The van der Waals surface area contributed by atoms with Crippen molar-refractivity contribution in [1.82, 2.24) is 0 Å². The van der Waals surface area contributed by atoms with Crippen LogP contribution in [0, 0.1) is 12.3 Å².